The van der Waals surface area contributed by atoms with Crippen molar-refractivity contribution in [1.29, 1.82) is 0 Å². The molecule has 0 aliphatic carbocycles. The Hall–Kier alpha value is -2.93. The minimum absolute atomic E-state index is 0.0223. The van der Waals surface area contributed by atoms with Crippen molar-refractivity contribution in [3.05, 3.63) is 53.1 Å². The Morgan fingerprint density at radius 1 is 1.10 bits per heavy atom. The van der Waals surface area contributed by atoms with Gasteiger partial charge in [0.25, 0.3) is 0 Å². The maximum Gasteiger partial charge on any atom is 0.194 e. The van der Waals surface area contributed by atoms with E-state index in [9.17, 15) is 0 Å². The third-order valence-corrected chi connectivity index (χ3v) is 5.34. The van der Waals surface area contributed by atoms with Gasteiger partial charge in [0, 0.05) is 31.8 Å². The molecule has 0 radical (unpaired) electrons. The Balaban J connectivity index is 1.72. The summed E-state index contributed by atoms with van der Waals surface area (Å²) in [7, 11) is 6.68. The summed E-state index contributed by atoms with van der Waals surface area (Å²) in [6.07, 6.45) is 0.0223. The molecule has 2 aromatic carbocycles. The molecule has 7 heteroatoms. The first-order chi connectivity index (χ1) is 14.6. The largest absolute Gasteiger partial charge is 0.496 e. The monoisotopic (exact) mass is 413 g/mol. The van der Waals surface area contributed by atoms with Crippen molar-refractivity contribution in [2.45, 2.75) is 19.6 Å². The van der Waals surface area contributed by atoms with Crippen LogP contribution in [-0.2, 0) is 11.3 Å². The fourth-order valence-electron chi connectivity index (χ4n) is 3.72. The van der Waals surface area contributed by atoms with E-state index in [0.717, 1.165) is 30.4 Å². The van der Waals surface area contributed by atoms with Gasteiger partial charge in [-0.1, -0.05) is 24.3 Å². The third kappa shape index (κ3) is 4.79. The number of nitrogens with one attached hydrogen (secondary N) is 1. The van der Waals surface area contributed by atoms with Crippen LogP contribution in [0, 0.1) is 6.92 Å². The van der Waals surface area contributed by atoms with Crippen molar-refractivity contribution in [1.82, 2.24) is 10.2 Å². The van der Waals surface area contributed by atoms with Gasteiger partial charge in [-0.25, -0.2) is 0 Å². The number of rotatable bonds is 6. The van der Waals surface area contributed by atoms with E-state index in [2.05, 4.69) is 46.4 Å². The summed E-state index contributed by atoms with van der Waals surface area (Å²) in [5.74, 6) is 2.86. The number of morpholine rings is 1. The fraction of sp³-hybridized carbons (Fsp3) is 0.435. The highest BCUT2D eigenvalue weighted by Gasteiger charge is 2.25. The predicted octanol–water partition coefficient (Wildman–Crippen LogP) is 3.17. The van der Waals surface area contributed by atoms with Crippen molar-refractivity contribution in [2.75, 3.05) is 48.1 Å². The van der Waals surface area contributed by atoms with E-state index in [1.165, 1.54) is 11.1 Å². The van der Waals surface area contributed by atoms with Crippen LogP contribution in [-0.4, -0.2) is 58.9 Å². The minimum Gasteiger partial charge on any atom is -0.496 e. The van der Waals surface area contributed by atoms with Crippen LogP contribution in [0.5, 0.6) is 17.2 Å². The highest BCUT2D eigenvalue weighted by Crippen LogP contribution is 2.34. The Morgan fingerprint density at radius 3 is 2.47 bits per heavy atom. The third-order valence-electron chi connectivity index (χ3n) is 5.34. The number of methoxy groups -OCH3 is 3. The van der Waals surface area contributed by atoms with Crippen molar-refractivity contribution >= 4 is 5.96 Å². The number of guanidine groups is 1. The van der Waals surface area contributed by atoms with E-state index in [1.807, 2.05) is 12.1 Å². The summed E-state index contributed by atoms with van der Waals surface area (Å²) in [6.45, 7) is 4.84. The Kier molecular flexibility index (Phi) is 7.41. The van der Waals surface area contributed by atoms with E-state index in [0.29, 0.717) is 24.7 Å². The molecule has 0 amide bonds. The van der Waals surface area contributed by atoms with Crippen LogP contribution >= 0.6 is 0 Å². The first kappa shape index (κ1) is 21.8. The Labute approximate surface area is 178 Å². The normalized spacial score (nSPS) is 16.9. The highest BCUT2D eigenvalue weighted by atomic mass is 16.5. The summed E-state index contributed by atoms with van der Waals surface area (Å²) in [5, 5.41) is 3.45. The Morgan fingerprint density at radius 2 is 1.80 bits per heavy atom. The average molecular weight is 414 g/mol. The second-order valence-corrected chi connectivity index (χ2v) is 7.08. The number of hydrogen-bond acceptors (Lipinski definition) is 5. The van der Waals surface area contributed by atoms with Gasteiger partial charge in [0.2, 0.25) is 0 Å². The zero-order valence-electron chi connectivity index (χ0n) is 18.4. The first-order valence-electron chi connectivity index (χ1n) is 10.0. The van der Waals surface area contributed by atoms with E-state index >= 15 is 0 Å². The smallest absolute Gasteiger partial charge is 0.194 e. The molecular formula is C23H31N3O4. The van der Waals surface area contributed by atoms with Gasteiger partial charge >= 0.3 is 0 Å². The quantitative estimate of drug-likeness (QED) is 0.580. The highest BCUT2D eigenvalue weighted by molar-refractivity contribution is 5.80. The van der Waals surface area contributed by atoms with Crippen LogP contribution in [0.4, 0.5) is 0 Å². The molecule has 1 heterocycles. The fourth-order valence-corrected chi connectivity index (χ4v) is 3.72. The molecule has 1 aliphatic rings. The molecule has 0 aromatic heterocycles. The zero-order valence-corrected chi connectivity index (χ0v) is 18.4. The summed E-state index contributed by atoms with van der Waals surface area (Å²) < 4.78 is 22.4. The predicted molar refractivity (Wildman–Crippen MR) is 118 cm³/mol. The number of aryl methyl sites for hydroxylation is 1. The molecule has 0 saturated carbocycles. The van der Waals surface area contributed by atoms with Crippen LogP contribution < -0.4 is 19.5 Å². The summed E-state index contributed by atoms with van der Waals surface area (Å²) in [5.41, 5.74) is 3.42. The number of hydrogen-bond donors (Lipinski definition) is 1. The maximum absolute atomic E-state index is 6.05. The second kappa shape index (κ2) is 10.2. The topological polar surface area (TPSA) is 64.6 Å². The lowest BCUT2D eigenvalue weighted by molar-refractivity contribution is -0.00834. The molecule has 1 unspecified atom stereocenters. The number of benzene rings is 2. The van der Waals surface area contributed by atoms with Gasteiger partial charge in [-0.15, -0.1) is 0 Å². The number of ether oxygens (including phenoxy) is 4. The molecule has 1 saturated heterocycles. The molecule has 1 atom stereocenters. The van der Waals surface area contributed by atoms with Crippen molar-refractivity contribution in [3.63, 3.8) is 0 Å². The van der Waals surface area contributed by atoms with Gasteiger partial charge in [-0.05, 0) is 24.1 Å². The molecular weight excluding hydrogens is 382 g/mol. The van der Waals surface area contributed by atoms with Gasteiger partial charge in [0.1, 0.15) is 11.9 Å². The molecule has 2 aromatic rings. The Bertz CT molecular complexity index is 885. The molecule has 1 fully saturated rings. The minimum atomic E-state index is 0.0223. The van der Waals surface area contributed by atoms with Gasteiger partial charge in [-0.3, -0.25) is 4.99 Å². The van der Waals surface area contributed by atoms with Crippen LogP contribution in [0.25, 0.3) is 0 Å². The van der Waals surface area contributed by atoms with Crippen LogP contribution in [0.2, 0.25) is 0 Å². The van der Waals surface area contributed by atoms with Crippen LogP contribution in [0.3, 0.4) is 0 Å². The zero-order chi connectivity index (χ0) is 21.5. The molecule has 1 aliphatic heterocycles. The van der Waals surface area contributed by atoms with Gasteiger partial charge in [0.05, 0.1) is 34.5 Å². The lowest BCUT2D eigenvalue weighted by Crippen LogP contribution is -2.48. The van der Waals surface area contributed by atoms with E-state index < -0.39 is 0 Å². The average Bonchev–Trinajstić information content (AvgIpc) is 2.79. The second-order valence-electron chi connectivity index (χ2n) is 7.08. The lowest BCUT2D eigenvalue weighted by Gasteiger charge is -2.35. The van der Waals surface area contributed by atoms with E-state index in [4.69, 9.17) is 18.9 Å². The standard InChI is InChI=1S/C23H31N3O4/c1-16-8-6-7-9-18(16)22-15-26(10-11-30-22)23(24-2)25-14-17-12-20(28-4)21(29-5)13-19(17)27-3/h6-9,12-13,22H,10-11,14-15H2,1-5H3,(H,24,25). The molecule has 0 bridgehead atoms. The molecule has 30 heavy (non-hydrogen) atoms. The first-order valence-corrected chi connectivity index (χ1v) is 10.0. The van der Waals surface area contributed by atoms with Crippen molar-refractivity contribution in [2.24, 2.45) is 4.99 Å². The number of nitrogens with zero attached hydrogens (tertiary/aromatic N) is 2. The van der Waals surface area contributed by atoms with E-state index in [1.54, 1.807) is 28.4 Å². The molecule has 7 nitrogen and oxygen atoms in total. The van der Waals surface area contributed by atoms with Gasteiger partial charge in [0.15, 0.2) is 17.5 Å². The molecule has 162 valence electrons. The van der Waals surface area contributed by atoms with Gasteiger partial charge < -0.3 is 29.2 Å². The maximum atomic E-state index is 6.05. The SMILES string of the molecule is CN=C(NCc1cc(OC)c(OC)cc1OC)N1CCOC(c2ccccc2C)C1. The van der Waals surface area contributed by atoms with Crippen molar-refractivity contribution < 1.29 is 18.9 Å². The van der Waals surface area contributed by atoms with Crippen LogP contribution in [0.1, 0.15) is 22.8 Å². The van der Waals surface area contributed by atoms with E-state index in [-0.39, 0.29) is 6.10 Å². The summed E-state index contributed by atoms with van der Waals surface area (Å²) in [4.78, 5) is 6.72. The van der Waals surface area contributed by atoms with Crippen molar-refractivity contribution in [3.8, 4) is 17.2 Å². The molecule has 0 spiro atoms. The van der Waals surface area contributed by atoms with Crippen LogP contribution in [0.15, 0.2) is 41.4 Å². The lowest BCUT2D eigenvalue weighted by atomic mass is 10.0. The summed E-state index contributed by atoms with van der Waals surface area (Å²) in [6, 6.07) is 12.1. The van der Waals surface area contributed by atoms with Gasteiger partial charge in [-0.2, -0.15) is 0 Å². The number of aliphatic imine (C=N–C) groups is 1. The molecule has 1 N–H and O–H groups in total. The summed E-state index contributed by atoms with van der Waals surface area (Å²) >= 11 is 0. The molecule has 3 rings (SSSR count).